The normalized spacial score (nSPS) is 13.0. The van der Waals surface area contributed by atoms with E-state index in [0.717, 1.165) is 19.5 Å². The van der Waals surface area contributed by atoms with E-state index in [-0.39, 0.29) is 5.69 Å². The zero-order valence-electron chi connectivity index (χ0n) is 10.1. The summed E-state index contributed by atoms with van der Waals surface area (Å²) >= 11 is 0. The second kappa shape index (κ2) is 5.79. The number of hydrogen-bond acceptors (Lipinski definition) is 1. The number of nitrogens with zero attached hydrogens (tertiary/aromatic N) is 2. The second-order valence-electron chi connectivity index (χ2n) is 4.32. The topological polar surface area (TPSA) is 26.9 Å². The molecule has 0 radical (unpaired) electrons. The van der Waals surface area contributed by atoms with E-state index in [0.29, 0.717) is 5.92 Å². The Bertz CT molecular complexity index is 338. The van der Waals surface area contributed by atoms with Crippen molar-refractivity contribution >= 4 is 0 Å². The van der Waals surface area contributed by atoms with Crippen LogP contribution in [0, 0.1) is 5.92 Å². The zero-order valence-corrected chi connectivity index (χ0v) is 10.1. The highest BCUT2D eigenvalue weighted by atomic mass is 16.1. The molecule has 0 amide bonds. The van der Waals surface area contributed by atoms with E-state index >= 15 is 0 Å². The largest absolute Gasteiger partial charge is 0.328 e. The lowest BCUT2D eigenvalue weighted by Gasteiger charge is -2.09. The molecule has 0 spiro atoms. The Labute approximate surface area is 91.7 Å². The van der Waals surface area contributed by atoms with Crippen molar-refractivity contribution < 1.29 is 0 Å². The first-order valence-corrected chi connectivity index (χ1v) is 5.94. The summed E-state index contributed by atoms with van der Waals surface area (Å²) in [4.78, 5) is 11.8. The molecule has 0 saturated heterocycles. The van der Waals surface area contributed by atoms with Gasteiger partial charge in [-0.05, 0) is 18.8 Å². The van der Waals surface area contributed by atoms with Crippen molar-refractivity contribution in [3.8, 4) is 0 Å². The Morgan fingerprint density at radius 1 is 1.20 bits per heavy atom. The predicted molar refractivity (Wildman–Crippen MR) is 63.1 cm³/mol. The van der Waals surface area contributed by atoms with Gasteiger partial charge in [0.1, 0.15) is 0 Å². The Kier molecular flexibility index (Phi) is 4.66. The minimum absolute atomic E-state index is 0.139. The van der Waals surface area contributed by atoms with Crippen LogP contribution in [0.3, 0.4) is 0 Å². The molecule has 1 atom stereocenters. The number of imidazole rings is 1. The molecule has 3 heteroatoms. The average Bonchev–Trinajstić information content (AvgIpc) is 2.51. The zero-order chi connectivity index (χ0) is 11.3. The molecule has 1 unspecified atom stereocenters. The molecule has 1 rings (SSSR count). The van der Waals surface area contributed by atoms with Crippen molar-refractivity contribution in [2.24, 2.45) is 5.92 Å². The van der Waals surface area contributed by atoms with Crippen molar-refractivity contribution in [3.63, 3.8) is 0 Å². The van der Waals surface area contributed by atoms with Gasteiger partial charge >= 0.3 is 5.69 Å². The highest BCUT2D eigenvalue weighted by molar-refractivity contribution is 4.81. The predicted octanol–water partition coefficient (Wildman–Crippen LogP) is 2.50. The summed E-state index contributed by atoms with van der Waals surface area (Å²) in [7, 11) is 0. The van der Waals surface area contributed by atoms with Gasteiger partial charge in [-0.3, -0.25) is 9.13 Å². The van der Waals surface area contributed by atoms with Crippen molar-refractivity contribution in [1.29, 1.82) is 0 Å². The molecule has 1 aromatic rings. The van der Waals surface area contributed by atoms with E-state index in [1.165, 1.54) is 12.8 Å². The van der Waals surface area contributed by atoms with Crippen LogP contribution in [0.25, 0.3) is 0 Å². The summed E-state index contributed by atoms with van der Waals surface area (Å²) in [5.41, 5.74) is 0.139. The fraction of sp³-hybridized carbons (Fsp3) is 0.750. The van der Waals surface area contributed by atoms with Gasteiger partial charge in [0.05, 0.1) is 0 Å². The van der Waals surface area contributed by atoms with E-state index in [1.807, 2.05) is 17.0 Å². The van der Waals surface area contributed by atoms with Crippen LogP contribution in [0.2, 0.25) is 0 Å². The maximum atomic E-state index is 11.8. The van der Waals surface area contributed by atoms with Gasteiger partial charge in [0, 0.05) is 25.5 Å². The molecule has 0 bridgehead atoms. The molecule has 0 aliphatic rings. The van der Waals surface area contributed by atoms with Crippen LogP contribution >= 0.6 is 0 Å². The number of rotatable bonds is 6. The number of hydrogen-bond donors (Lipinski definition) is 0. The first kappa shape index (κ1) is 12.1. The maximum absolute atomic E-state index is 11.8. The molecule has 0 N–H and O–H groups in total. The third-order valence-electron chi connectivity index (χ3n) is 2.67. The van der Waals surface area contributed by atoms with Crippen LogP contribution in [0.5, 0.6) is 0 Å². The Morgan fingerprint density at radius 2 is 1.87 bits per heavy atom. The molecule has 1 aromatic heterocycles. The lowest BCUT2D eigenvalue weighted by Crippen LogP contribution is -2.25. The third kappa shape index (κ3) is 3.26. The van der Waals surface area contributed by atoms with E-state index in [2.05, 4.69) is 20.8 Å². The molecule has 0 fully saturated rings. The molecule has 0 aromatic carbocycles. The van der Waals surface area contributed by atoms with E-state index < -0.39 is 0 Å². The summed E-state index contributed by atoms with van der Waals surface area (Å²) < 4.78 is 3.62. The molecular formula is C12H22N2O. The fourth-order valence-corrected chi connectivity index (χ4v) is 1.92. The fourth-order valence-electron chi connectivity index (χ4n) is 1.92. The van der Waals surface area contributed by atoms with Gasteiger partial charge in [0.2, 0.25) is 0 Å². The van der Waals surface area contributed by atoms with Crippen molar-refractivity contribution in [3.05, 3.63) is 22.9 Å². The smallest absolute Gasteiger partial charge is 0.299 e. The summed E-state index contributed by atoms with van der Waals surface area (Å²) in [6, 6.07) is 0. The number of aromatic nitrogens is 2. The SMILES string of the molecule is CCCC(C)Cn1ccn(CCC)c1=O. The molecule has 0 saturated carbocycles. The van der Waals surface area contributed by atoms with Crippen LogP contribution in [0.1, 0.15) is 40.0 Å². The summed E-state index contributed by atoms with van der Waals surface area (Å²) in [5, 5.41) is 0. The van der Waals surface area contributed by atoms with Crippen LogP contribution in [0.4, 0.5) is 0 Å². The van der Waals surface area contributed by atoms with Crippen LogP contribution in [0.15, 0.2) is 17.2 Å². The lowest BCUT2D eigenvalue weighted by molar-refractivity contribution is 0.433. The standard InChI is InChI=1S/C12H22N2O/c1-4-6-11(3)10-14-9-8-13(7-5-2)12(14)15/h8-9,11H,4-7,10H2,1-3H3. The van der Waals surface area contributed by atoms with Gasteiger partial charge in [-0.2, -0.15) is 0 Å². The molecule has 86 valence electrons. The summed E-state index contributed by atoms with van der Waals surface area (Å²) in [5.74, 6) is 0.588. The van der Waals surface area contributed by atoms with Gasteiger partial charge in [0.15, 0.2) is 0 Å². The molecule has 15 heavy (non-hydrogen) atoms. The molecule has 0 aliphatic heterocycles. The van der Waals surface area contributed by atoms with Gasteiger partial charge in [0.25, 0.3) is 0 Å². The Hall–Kier alpha value is -0.990. The van der Waals surface area contributed by atoms with Crippen LogP contribution in [-0.4, -0.2) is 9.13 Å². The Balaban J connectivity index is 2.66. The minimum atomic E-state index is 0.139. The van der Waals surface area contributed by atoms with Crippen molar-refractivity contribution in [1.82, 2.24) is 9.13 Å². The first-order chi connectivity index (χ1) is 7.19. The van der Waals surface area contributed by atoms with Crippen LogP contribution < -0.4 is 5.69 Å². The maximum Gasteiger partial charge on any atom is 0.328 e. The second-order valence-corrected chi connectivity index (χ2v) is 4.32. The van der Waals surface area contributed by atoms with Gasteiger partial charge in [-0.25, -0.2) is 4.79 Å². The average molecular weight is 210 g/mol. The molecule has 0 aliphatic carbocycles. The lowest BCUT2D eigenvalue weighted by atomic mass is 10.1. The summed E-state index contributed by atoms with van der Waals surface area (Å²) in [6.45, 7) is 8.15. The van der Waals surface area contributed by atoms with Crippen LogP contribution in [-0.2, 0) is 13.1 Å². The third-order valence-corrected chi connectivity index (χ3v) is 2.67. The molecular weight excluding hydrogens is 188 g/mol. The summed E-state index contributed by atoms with van der Waals surface area (Å²) in [6.07, 6.45) is 7.18. The van der Waals surface area contributed by atoms with Gasteiger partial charge in [-0.15, -0.1) is 0 Å². The van der Waals surface area contributed by atoms with Gasteiger partial charge in [-0.1, -0.05) is 27.2 Å². The van der Waals surface area contributed by atoms with E-state index in [1.54, 1.807) is 4.57 Å². The molecule has 1 heterocycles. The van der Waals surface area contributed by atoms with E-state index in [9.17, 15) is 4.79 Å². The van der Waals surface area contributed by atoms with Crippen molar-refractivity contribution in [2.45, 2.75) is 53.1 Å². The number of aryl methyl sites for hydroxylation is 1. The molecule has 3 nitrogen and oxygen atoms in total. The van der Waals surface area contributed by atoms with E-state index in [4.69, 9.17) is 0 Å². The minimum Gasteiger partial charge on any atom is -0.299 e. The van der Waals surface area contributed by atoms with Gasteiger partial charge < -0.3 is 0 Å². The highest BCUT2D eigenvalue weighted by Gasteiger charge is 2.06. The van der Waals surface area contributed by atoms with Crippen molar-refractivity contribution in [2.75, 3.05) is 0 Å². The quantitative estimate of drug-likeness (QED) is 0.708. The Morgan fingerprint density at radius 3 is 2.47 bits per heavy atom. The highest BCUT2D eigenvalue weighted by Crippen LogP contribution is 2.06. The monoisotopic (exact) mass is 210 g/mol. The first-order valence-electron chi connectivity index (χ1n) is 5.94.